The van der Waals surface area contributed by atoms with Gasteiger partial charge >= 0.3 is 17.5 Å². The van der Waals surface area contributed by atoms with Crippen LogP contribution >= 0.6 is 23.2 Å². The zero-order valence-corrected chi connectivity index (χ0v) is 11.4. The smallest absolute Gasteiger partial charge is 0.326 e. The van der Waals surface area contributed by atoms with Gasteiger partial charge < -0.3 is 15.2 Å². The Balaban J connectivity index is 2.98. The topological polar surface area (TPSA) is 139 Å². The molecule has 0 amide bonds. The van der Waals surface area contributed by atoms with E-state index in [-0.39, 0.29) is 21.5 Å². The number of fused-ring (bicyclic) bond motifs is 1. The molecule has 0 spiro atoms. The van der Waals surface area contributed by atoms with E-state index in [4.69, 9.17) is 28.3 Å². The highest BCUT2D eigenvalue weighted by molar-refractivity contribution is 6.44. The number of hydrogen-bond donors (Lipinski definition) is 2. The maximum Gasteiger partial charge on any atom is 0.326 e. The molecular weight excluding hydrogens is 329 g/mol. The van der Waals surface area contributed by atoms with Gasteiger partial charge in [0.05, 0.1) is 21.9 Å². The van der Waals surface area contributed by atoms with E-state index >= 15 is 0 Å². The zero-order chi connectivity index (χ0) is 15.9. The Bertz CT molecular complexity index is 800. The second-order valence-corrected chi connectivity index (χ2v) is 4.77. The number of H-pyrrole nitrogens is 1. The minimum Gasteiger partial charge on any atom is -0.481 e. The van der Waals surface area contributed by atoms with Crippen molar-refractivity contribution < 1.29 is 19.7 Å². The summed E-state index contributed by atoms with van der Waals surface area (Å²) in [6, 6.07) is 1.17. The highest BCUT2D eigenvalue weighted by Crippen LogP contribution is 2.43. The van der Waals surface area contributed by atoms with Crippen LogP contribution in [0.4, 0.5) is 11.5 Å². The van der Waals surface area contributed by atoms with E-state index in [1.165, 1.54) is 6.07 Å². The number of aromatic nitrogens is 1. The first-order valence-corrected chi connectivity index (χ1v) is 6.02. The van der Waals surface area contributed by atoms with Gasteiger partial charge in [0.25, 0.3) is 0 Å². The van der Waals surface area contributed by atoms with Crippen LogP contribution in [-0.2, 0) is 11.2 Å². The first-order valence-electron chi connectivity index (χ1n) is 5.27. The summed E-state index contributed by atoms with van der Waals surface area (Å²) in [7, 11) is 0. The van der Waals surface area contributed by atoms with E-state index in [2.05, 4.69) is 4.98 Å². The van der Waals surface area contributed by atoms with Crippen molar-refractivity contribution in [2.45, 2.75) is 6.42 Å². The van der Waals surface area contributed by atoms with Crippen LogP contribution < -0.4 is 0 Å². The molecule has 1 aromatic heterocycles. The molecule has 0 saturated carbocycles. The van der Waals surface area contributed by atoms with Gasteiger partial charge in [-0.25, -0.2) is 4.98 Å². The number of benzene rings is 1. The third-order valence-corrected chi connectivity index (χ3v) is 3.51. The molecule has 110 valence electrons. The molecule has 0 bridgehead atoms. The Kier molecular flexibility index (Phi) is 3.71. The summed E-state index contributed by atoms with van der Waals surface area (Å²) in [4.78, 5) is 33.6. The lowest BCUT2D eigenvalue weighted by molar-refractivity contribution is -0.389. The van der Waals surface area contributed by atoms with E-state index in [1.807, 2.05) is 0 Å². The van der Waals surface area contributed by atoms with Crippen LogP contribution in [0.25, 0.3) is 10.9 Å². The number of carboxylic acids is 1. The molecule has 11 heteroatoms. The summed E-state index contributed by atoms with van der Waals surface area (Å²) < 4.78 is 0. The number of nitrogens with one attached hydrogen (secondary N) is 1. The molecule has 21 heavy (non-hydrogen) atoms. The van der Waals surface area contributed by atoms with Crippen molar-refractivity contribution >= 4 is 51.6 Å². The number of nitro benzene ring substituents is 1. The van der Waals surface area contributed by atoms with Gasteiger partial charge in [-0.1, -0.05) is 23.2 Å². The summed E-state index contributed by atoms with van der Waals surface area (Å²) in [5.74, 6) is -2.02. The van der Waals surface area contributed by atoms with Crippen molar-refractivity contribution in [1.82, 2.24) is 4.98 Å². The highest BCUT2D eigenvalue weighted by atomic mass is 35.5. The van der Waals surface area contributed by atoms with Crippen LogP contribution in [0.15, 0.2) is 6.07 Å². The third kappa shape index (κ3) is 2.48. The quantitative estimate of drug-likeness (QED) is 0.651. The number of halogens is 2. The average molecular weight is 334 g/mol. The Hall–Kier alpha value is -2.39. The molecule has 9 nitrogen and oxygen atoms in total. The molecule has 2 rings (SSSR count). The summed E-state index contributed by atoms with van der Waals surface area (Å²) >= 11 is 11.5. The Morgan fingerprint density at radius 3 is 2.38 bits per heavy atom. The van der Waals surface area contributed by atoms with E-state index in [9.17, 15) is 25.0 Å². The monoisotopic (exact) mass is 333 g/mol. The maximum atomic E-state index is 11.1. The number of aliphatic carboxylic acids is 1. The van der Waals surface area contributed by atoms with Gasteiger partial charge in [0.1, 0.15) is 15.9 Å². The largest absolute Gasteiger partial charge is 0.481 e. The summed E-state index contributed by atoms with van der Waals surface area (Å²) in [5.41, 5.74) is -1.02. The molecule has 0 fully saturated rings. The van der Waals surface area contributed by atoms with E-state index in [0.717, 1.165) is 0 Å². The normalized spacial score (nSPS) is 10.8. The van der Waals surface area contributed by atoms with Crippen LogP contribution in [0.2, 0.25) is 10.0 Å². The number of nitrogens with zero attached hydrogens (tertiary/aromatic N) is 2. The predicted molar refractivity (Wildman–Crippen MR) is 73.0 cm³/mol. The molecule has 2 aromatic rings. The standard InChI is InChI=1S/C10H5Cl2N3O6/c11-4-2-5-7(9(8(4)12)14(18)19)3(1-6(16)17)10(13-5)15(20)21/h2,13H,1H2,(H,16,17). The number of carbonyl (C=O) groups is 1. The molecule has 1 heterocycles. The molecule has 0 aliphatic rings. The van der Waals surface area contributed by atoms with Crippen LogP contribution in [0.5, 0.6) is 0 Å². The number of nitro groups is 2. The fourth-order valence-electron chi connectivity index (χ4n) is 1.99. The first-order chi connectivity index (χ1) is 9.73. The molecule has 0 unspecified atom stereocenters. The van der Waals surface area contributed by atoms with Gasteiger partial charge in [0.2, 0.25) is 0 Å². The van der Waals surface area contributed by atoms with Crippen molar-refractivity contribution in [1.29, 1.82) is 0 Å². The van der Waals surface area contributed by atoms with Gasteiger partial charge in [0.15, 0.2) is 0 Å². The van der Waals surface area contributed by atoms with Gasteiger partial charge in [0, 0.05) is 6.07 Å². The number of carboxylic acid groups (broad SMARTS) is 1. The van der Waals surface area contributed by atoms with Gasteiger partial charge in [-0.3, -0.25) is 14.9 Å². The lowest BCUT2D eigenvalue weighted by Gasteiger charge is -2.00. The second-order valence-electron chi connectivity index (χ2n) is 3.98. The molecule has 0 atom stereocenters. The van der Waals surface area contributed by atoms with Crippen molar-refractivity contribution in [2.24, 2.45) is 0 Å². The van der Waals surface area contributed by atoms with Crippen LogP contribution in [0.1, 0.15) is 5.56 Å². The maximum absolute atomic E-state index is 11.1. The first kappa shape index (κ1) is 15.0. The van der Waals surface area contributed by atoms with Crippen LogP contribution in [0, 0.1) is 20.2 Å². The Morgan fingerprint density at radius 2 is 1.90 bits per heavy atom. The minimum absolute atomic E-state index is 0.0287. The summed E-state index contributed by atoms with van der Waals surface area (Å²) in [5, 5.41) is 30.1. The molecule has 0 aliphatic carbocycles. The van der Waals surface area contributed by atoms with Crippen LogP contribution in [-0.4, -0.2) is 25.9 Å². The summed E-state index contributed by atoms with van der Waals surface area (Å²) in [6.07, 6.45) is -0.769. The van der Waals surface area contributed by atoms with Gasteiger partial charge in [-0.2, -0.15) is 0 Å². The lowest BCUT2D eigenvalue weighted by Crippen LogP contribution is -2.03. The number of aromatic amines is 1. The molecule has 0 aliphatic heterocycles. The predicted octanol–water partition coefficient (Wildman–Crippen LogP) is 2.92. The van der Waals surface area contributed by atoms with Crippen molar-refractivity contribution in [3.8, 4) is 0 Å². The molecular formula is C10H5Cl2N3O6. The average Bonchev–Trinajstić information content (AvgIpc) is 2.68. The van der Waals surface area contributed by atoms with Gasteiger partial charge in [-0.15, -0.1) is 0 Å². The van der Waals surface area contributed by atoms with Crippen molar-refractivity contribution in [3.05, 3.63) is 41.9 Å². The molecule has 0 radical (unpaired) electrons. The SMILES string of the molecule is O=C(O)Cc1c([N+](=O)[O-])[nH]c2cc(Cl)c(Cl)c([N+](=O)[O-])c12. The van der Waals surface area contributed by atoms with Gasteiger partial charge in [-0.05, 0) is 4.92 Å². The fraction of sp³-hybridized carbons (Fsp3) is 0.100. The van der Waals surface area contributed by atoms with E-state index in [1.54, 1.807) is 0 Å². The van der Waals surface area contributed by atoms with Crippen molar-refractivity contribution in [2.75, 3.05) is 0 Å². The van der Waals surface area contributed by atoms with E-state index < -0.39 is 38.8 Å². The summed E-state index contributed by atoms with van der Waals surface area (Å²) in [6.45, 7) is 0. The number of hydrogen-bond acceptors (Lipinski definition) is 5. The Morgan fingerprint density at radius 1 is 1.29 bits per heavy atom. The fourth-order valence-corrected chi connectivity index (χ4v) is 2.41. The molecule has 2 N–H and O–H groups in total. The van der Waals surface area contributed by atoms with Crippen LogP contribution in [0.3, 0.4) is 0 Å². The zero-order valence-electron chi connectivity index (χ0n) is 9.92. The Labute approximate surface area is 125 Å². The van der Waals surface area contributed by atoms with Crippen molar-refractivity contribution in [3.63, 3.8) is 0 Å². The number of rotatable bonds is 4. The molecule has 0 saturated heterocycles. The highest BCUT2D eigenvalue weighted by Gasteiger charge is 2.32. The third-order valence-electron chi connectivity index (χ3n) is 2.73. The molecule has 1 aromatic carbocycles. The minimum atomic E-state index is -1.38. The second kappa shape index (κ2) is 5.19. The lowest BCUT2D eigenvalue weighted by atomic mass is 10.1. The van der Waals surface area contributed by atoms with E-state index in [0.29, 0.717) is 0 Å².